The maximum Gasteiger partial charge on any atom is 0.434 e. The van der Waals surface area contributed by atoms with Gasteiger partial charge in [0.15, 0.2) is 6.23 Å². The number of hydrogen-bond acceptors (Lipinski definition) is 6. The molecule has 1 N–H and O–H groups in total. The van der Waals surface area contributed by atoms with Crippen LogP contribution < -0.4 is 0 Å². The second-order valence-corrected chi connectivity index (χ2v) is 10.2. The van der Waals surface area contributed by atoms with Crippen molar-refractivity contribution in [3.63, 3.8) is 0 Å². The van der Waals surface area contributed by atoms with Gasteiger partial charge in [-0.3, -0.25) is 14.4 Å². The average molecular weight is 488 g/mol. The van der Waals surface area contributed by atoms with E-state index in [0.717, 1.165) is 41.5 Å². The van der Waals surface area contributed by atoms with Crippen LogP contribution in [0.3, 0.4) is 0 Å². The monoisotopic (exact) mass is 487 g/mol. The topological polar surface area (TPSA) is 91.1 Å². The van der Waals surface area contributed by atoms with Crippen molar-refractivity contribution >= 4 is 23.6 Å². The van der Waals surface area contributed by atoms with E-state index >= 15 is 0 Å². The zero-order chi connectivity index (χ0) is 24.0. The fourth-order valence-corrected chi connectivity index (χ4v) is 5.42. The first-order chi connectivity index (χ1) is 16.3. The van der Waals surface area contributed by atoms with Crippen LogP contribution in [0.1, 0.15) is 38.3 Å². The molecular weight excluding hydrogens is 458 g/mol. The number of benzene rings is 1. The fourth-order valence-electron chi connectivity index (χ4n) is 5.20. The summed E-state index contributed by atoms with van der Waals surface area (Å²) in [4.78, 5) is 33.6. The lowest BCUT2D eigenvalue weighted by Crippen LogP contribution is -2.41. The van der Waals surface area contributed by atoms with Gasteiger partial charge in [-0.25, -0.2) is 4.79 Å². The van der Waals surface area contributed by atoms with Gasteiger partial charge in [-0.2, -0.15) is 5.10 Å². The first-order valence-corrected chi connectivity index (χ1v) is 12.2. The predicted molar refractivity (Wildman–Crippen MR) is 125 cm³/mol. The third-order valence-electron chi connectivity index (χ3n) is 6.99. The molecular formula is C24H30ClN5O4. The number of fused-ring (bicyclic) bond motifs is 1. The van der Waals surface area contributed by atoms with E-state index in [1.807, 2.05) is 28.9 Å². The molecule has 10 heteroatoms. The van der Waals surface area contributed by atoms with Crippen LogP contribution in [0.15, 0.2) is 30.5 Å². The van der Waals surface area contributed by atoms with Crippen molar-refractivity contribution in [2.75, 3.05) is 26.2 Å². The summed E-state index contributed by atoms with van der Waals surface area (Å²) in [6, 6.07) is 8.03. The lowest BCUT2D eigenvalue weighted by atomic mass is 10.0. The molecule has 3 saturated heterocycles. The highest BCUT2D eigenvalue weighted by Crippen LogP contribution is 2.35. The van der Waals surface area contributed by atoms with E-state index in [1.54, 1.807) is 4.90 Å². The van der Waals surface area contributed by atoms with Crippen molar-refractivity contribution < 1.29 is 19.5 Å². The number of hydrogen-bond donors (Lipinski definition) is 1. The molecule has 1 aromatic carbocycles. The van der Waals surface area contributed by atoms with E-state index in [0.29, 0.717) is 29.9 Å². The molecule has 4 heterocycles. The molecule has 9 nitrogen and oxygen atoms in total. The number of nitrogens with zero attached hydrogens (tertiary/aromatic N) is 5. The number of carbonyl (C=O) groups is 2. The first kappa shape index (κ1) is 23.1. The molecule has 34 heavy (non-hydrogen) atoms. The average Bonchev–Trinajstić information content (AvgIpc) is 3.54. The Morgan fingerprint density at radius 1 is 1.21 bits per heavy atom. The Labute approximate surface area is 203 Å². The number of amides is 2. The summed E-state index contributed by atoms with van der Waals surface area (Å²) in [7, 11) is 0. The van der Waals surface area contributed by atoms with E-state index in [4.69, 9.17) is 21.5 Å². The van der Waals surface area contributed by atoms with Crippen molar-refractivity contribution in [3.8, 4) is 11.3 Å². The van der Waals surface area contributed by atoms with Gasteiger partial charge >= 0.3 is 6.09 Å². The second-order valence-electron chi connectivity index (χ2n) is 9.77. The van der Waals surface area contributed by atoms with E-state index in [9.17, 15) is 14.7 Å². The molecule has 0 radical (unpaired) electrons. The van der Waals surface area contributed by atoms with Gasteiger partial charge in [0, 0.05) is 68.9 Å². The van der Waals surface area contributed by atoms with Gasteiger partial charge < -0.3 is 14.8 Å². The number of halogens is 1. The third kappa shape index (κ3) is 4.39. The molecule has 182 valence electrons. The maximum atomic E-state index is 12.6. The first-order valence-electron chi connectivity index (χ1n) is 11.8. The largest absolute Gasteiger partial charge is 0.434 e. The molecule has 1 aromatic heterocycles. The number of likely N-dealkylation sites (tertiary alicyclic amines) is 2. The molecule has 3 aliphatic heterocycles. The molecule has 0 aliphatic carbocycles. The van der Waals surface area contributed by atoms with Gasteiger partial charge in [-0.1, -0.05) is 29.8 Å². The van der Waals surface area contributed by atoms with Gasteiger partial charge in [-0.15, -0.1) is 5.06 Å². The summed E-state index contributed by atoms with van der Waals surface area (Å²) >= 11 is 6.49. The molecule has 3 unspecified atom stereocenters. The zero-order valence-corrected chi connectivity index (χ0v) is 20.2. The molecule has 2 amide bonds. The van der Waals surface area contributed by atoms with Crippen LogP contribution in [0.25, 0.3) is 11.3 Å². The van der Waals surface area contributed by atoms with E-state index in [-0.39, 0.29) is 24.8 Å². The maximum absolute atomic E-state index is 12.6. The minimum absolute atomic E-state index is 0.193. The van der Waals surface area contributed by atoms with Crippen LogP contribution in [-0.2, 0) is 16.2 Å². The number of rotatable bonds is 5. The second kappa shape index (κ2) is 9.20. The van der Waals surface area contributed by atoms with Crippen LogP contribution in [0.2, 0.25) is 5.02 Å². The molecule has 5 rings (SSSR count). The Bertz CT molecular complexity index is 1080. The Kier molecular flexibility index (Phi) is 6.26. The highest BCUT2D eigenvalue weighted by Gasteiger charge is 2.43. The number of aliphatic hydroxyl groups is 1. The summed E-state index contributed by atoms with van der Waals surface area (Å²) < 4.78 is 1.98. The minimum Gasteiger partial charge on any atom is -0.370 e. The smallest absolute Gasteiger partial charge is 0.370 e. The number of aliphatic hydroxyl groups excluding tert-OH is 1. The standard InChI is InChI=1S/C24H30ClN5O4/c1-15(2)29-14-18(23(26-29)19-5-3-4-6-20(19)25)11-27-9-16-12-28(13-17(16)10-27)24(33)34-30-21(31)7-8-22(30)32/h3-6,14-17,21,31H,7-13H2,1-2H3. The summed E-state index contributed by atoms with van der Waals surface area (Å²) in [5, 5.41) is 16.2. The molecule has 3 atom stereocenters. The van der Waals surface area contributed by atoms with Gasteiger partial charge in [0.1, 0.15) is 0 Å². The lowest BCUT2D eigenvalue weighted by Gasteiger charge is -2.24. The van der Waals surface area contributed by atoms with Crippen LogP contribution >= 0.6 is 11.6 Å². The SMILES string of the molecule is CC(C)n1cc(CN2CC3CN(C(=O)ON4C(=O)CCC4O)CC3C2)c(-c2ccccc2Cl)n1. The number of carbonyl (C=O) groups excluding carboxylic acids is 2. The summed E-state index contributed by atoms with van der Waals surface area (Å²) in [6.45, 7) is 7.88. The molecule has 0 bridgehead atoms. The summed E-state index contributed by atoms with van der Waals surface area (Å²) in [5.41, 5.74) is 2.99. The molecule has 2 aromatic rings. The Morgan fingerprint density at radius 2 is 1.91 bits per heavy atom. The van der Waals surface area contributed by atoms with E-state index < -0.39 is 12.3 Å². The molecule has 0 saturated carbocycles. The van der Waals surface area contributed by atoms with Crippen LogP contribution in [0.4, 0.5) is 4.79 Å². The summed E-state index contributed by atoms with van der Waals surface area (Å²) in [6.07, 6.45) is 0.982. The lowest BCUT2D eigenvalue weighted by molar-refractivity contribution is -0.193. The van der Waals surface area contributed by atoms with Crippen LogP contribution in [0, 0.1) is 11.8 Å². The van der Waals surface area contributed by atoms with Gasteiger partial charge in [0.2, 0.25) is 0 Å². The van der Waals surface area contributed by atoms with Crippen molar-refractivity contribution in [1.82, 2.24) is 24.6 Å². The molecule has 3 fully saturated rings. The van der Waals surface area contributed by atoms with Crippen LogP contribution in [0.5, 0.6) is 0 Å². The van der Waals surface area contributed by atoms with Gasteiger partial charge in [-0.05, 0) is 31.7 Å². The molecule has 3 aliphatic rings. The molecule has 0 spiro atoms. The quantitative estimate of drug-likeness (QED) is 0.696. The number of hydroxylamine groups is 2. The van der Waals surface area contributed by atoms with Crippen molar-refractivity contribution in [2.24, 2.45) is 11.8 Å². The normalized spacial score (nSPS) is 25.0. The van der Waals surface area contributed by atoms with Crippen molar-refractivity contribution in [2.45, 2.75) is 45.5 Å². The van der Waals surface area contributed by atoms with E-state index in [1.165, 1.54) is 0 Å². The Hall–Kier alpha value is -2.62. The fraction of sp³-hybridized carbons (Fsp3) is 0.542. The van der Waals surface area contributed by atoms with Crippen molar-refractivity contribution in [3.05, 3.63) is 41.0 Å². The predicted octanol–water partition coefficient (Wildman–Crippen LogP) is 3.14. The highest BCUT2D eigenvalue weighted by atomic mass is 35.5. The minimum atomic E-state index is -1.05. The van der Waals surface area contributed by atoms with Crippen molar-refractivity contribution in [1.29, 1.82) is 0 Å². The van der Waals surface area contributed by atoms with Gasteiger partial charge in [0.25, 0.3) is 5.91 Å². The Balaban J connectivity index is 1.23. The van der Waals surface area contributed by atoms with Crippen LogP contribution in [-0.4, -0.2) is 74.2 Å². The third-order valence-corrected chi connectivity index (χ3v) is 7.32. The van der Waals surface area contributed by atoms with Gasteiger partial charge in [0.05, 0.1) is 10.7 Å². The number of aromatic nitrogens is 2. The summed E-state index contributed by atoms with van der Waals surface area (Å²) in [5.74, 6) is 0.328. The zero-order valence-electron chi connectivity index (χ0n) is 19.4. The van der Waals surface area contributed by atoms with E-state index in [2.05, 4.69) is 24.9 Å². The highest BCUT2D eigenvalue weighted by molar-refractivity contribution is 6.33. The Morgan fingerprint density at radius 3 is 2.53 bits per heavy atom.